The van der Waals surface area contributed by atoms with Crippen molar-refractivity contribution >= 4 is 17.6 Å². The standard InChI is InChI=1S/C21H23F5N2O6/c22-14-7-13-16(29)9-18(33-17(13)8-15(14)23)20(31)28-4-2-1-3-27-19(30)10-32-11-5-12(6-11)34-21(24,25)26/h7-8,11-12,18H,1-6,9-10H2,(H,27,30)(H,28,31)/t11-,12+,18-/m1/s1. The SMILES string of the molecule is O=C(CO[C@H]1C[C@@H](OC(F)(F)F)C1)NCCCCNC(=O)[C@H]1CC(=O)c2cc(F)c(F)cc2O1. The number of hydrogen-bond acceptors (Lipinski definition) is 6. The zero-order chi connectivity index (χ0) is 24.9. The van der Waals surface area contributed by atoms with E-state index in [1.807, 2.05) is 0 Å². The molecular formula is C21H23F5N2O6. The lowest BCUT2D eigenvalue weighted by molar-refractivity contribution is -0.357. The molecule has 0 aromatic heterocycles. The highest BCUT2D eigenvalue weighted by Gasteiger charge is 2.40. The second-order valence-electron chi connectivity index (χ2n) is 7.93. The first-order valence-corrected chi connectivity index (χ1v) is 10.6. The average molecular weight is 494 g/mol. The summed E-state index contributed by atoms with van der Waals surface area (Å²) >= 11 is 0. The van der Waals surface area contributed by atoms with Gasteiger partial charge in [0.2, 0.25) is 5.91 Å². The normalized spacial score (nSPS) is 21.8. The molecule has 0 radical (unpaired) electrons. The predicted octanol–water partition coefficient (Wildman–Crippen LogP) is 2.40. The Hall–Kier alpha value is -2.80. The van der Waals surface area contributed by atoms with E-state index in [4.69, 9.17) is 9.47 Å². The van der Waals surface area contributed by atoms with Gasteiger partial charge in [0, 0.05) is 32.0 Å². The van der Waals surface area contributed by atoms with Crippen molar-refractivity contribution < 1.29 is 50.5 Å². The number of nitrogens with one attached hydrogen (secondary N) is 2. The van der Waals surface area contributed by atoms with E-state index < -0.39 is 53.9 Å². The van der Waals surface area contributed by atoms with Crippen LogP contribution in [0.1, 0.15) is 42.5 Å². The van der Waals surface area contributed by atoms with Crippen molar-refractivity contribution in [2.45, 2.75) is 56.8 Å². The highest BCUT2D eigenvalue weighted by molar-refractivity contribution is 6.03. The maximum Gasteiger partial charge on any atom is 0.522 e. The van der Waals surface area contributed by atoms with Crippen LogP contribution in [-0.2, 0) is 19.1 Å². The Morgan fingerprint density at radius 1 is 1.03 bits per heavy atom. The Morgan fingerprint density at radius 3 is 2.35 bits per heavy atom. The number of Topliss-reactive ketones (excluding diaryl/α,β-unsaturated/α-hetero) is 1. The van der Waals surface area contributed by atoms with Crippen LogP contribution < -0.4 is 15.4 Å². The minimum Gasteiger partial charge on any atom is -0.479 e. The molecule has 0 spiro atoms. The first-order chi connectivity index (χ1) is 16.0. The summed E-state index contributed by atoms with van der Waals surface area (Å²) in [7, 11) is 0. The number of benzene rings is 1. The molecule has 1 saturated carbocycles. The van der Waals surface area contributed by atoms with Gasteiger partial charge >= 0.3 is 6.36 Å². The fraction of sp³-hybridized carbons (Fsp3) is 0.571. The Morgan fingerprint density at radius 2 is 1.68 bits per heavy atom. The number of carbonyl (C=O) groups is 3. The van der Waals surface area contributed by atoms with Crippen molar-refractivity contribution in [3.63, 3.8) is 0 Å². The van der Waals surface area contributed by atoms with Gasteiger partial charge in [0.05, 0.1) is 24.2 Å². The molecule has 1 atom stereocenters. The van der Waals surface area contributed by atoms with Gasteiger partial charge in [0.1, 0.15) is 12.4 Å². The number of amides is 2. The Labute approximate surface area is 191 Å². The molecule has 0 bridgehead atoms. The van der Waals surface area contributed by atoms with Crippen molar-refractivity contribution in [1.29, 1.82) is 0 Å². The van der Waals surface area contributed by atoms with E-state index in [0.29, 0.717) is 19.4 Å². The number of rotatable bonds is 10. The summed E-state index contributed by atoms with van der Waals surface area (Å²) in [4.78, 5) is 36.0. The maximum absolute atomic E-state index is 13.4. The van der Waals surface area contributed by atoms with Crippen LogP contribution >= 0.6 is 0 Å². The molecule has 1 aromatic rings. The predicted molar refractivity (Wildman–Crippen MR) is 105 cm³/mol. The van der Waals surface area contributed by atoms with E-state index in [-0.39, 0.29) is 43.7 Å². The van der Waals surface area contributed by atoms with Crippen LogP contribution in [0, 0.1) is 11.6 Å². The number of unbranched alkanes of at least 4 members (excludes halogenated alkanes) is 1. The highest BCUT2D eigenvalue weighted by atomic mass is 19.4. The van der Waals surface area contributed by atoms with Gasteiger partial charge in [-0.05, 0) is 18.9 Å². The molecule has 2 aliphatic rings. The Bertz CT molecular complexity index is 920. The summed E-state index contributed by atoms with van der Waals surface area (Å²) < 4.78 is 77.1. The molecule has 1 aliphatic heterocycles. The topological polar surface area (TPSA) is 103 Å². The first kappa shape index (κ1) is 25.8. The summed E-state index contributed by atoms with van der Waals surface area (Å²) in [6.45, 7) is 0.241. The van der Waals surface area contributed by atoms with Gasteiger partial charge in [0.15, 0.2) is 23.5 Å². The molecule has 0 unspecified atom stereocenters. The van der Waals surface area contributed by atoms with Crippen LogP contribution in [0.25, 0.3) is 0 Å². The smallest absolute Gasteiger partial charge is 0.479 e. The molecule has 0 saturated heterocycles. The molecule has 1 heterocycles. The van der Waals surface area contributed by atoms with E-state index in [1.165, 1.54) is 0 Å². The molecule has 13 heteroatoms. The minimum absolute atomic E-state index is 0.0696. The molecular weight excluding hydrogens is 471 g/mol. The lowest BCUT2D eigenvalue weighted by Crippen LogP contribution is -2.42. The van der Waals surface area contributed by atoms with Crippen LogP contribution in [0.3, 0.4) is 0 Å². The van der Waals surface area contributed by atoms with Gasteiger partial charge in [-0.2, -0.15) is 0 Å². The van der Waals surface area contributed by atoms with Crippen molar-refractivity contribution in [2.75, 3.05) is 19.7 Å². The van der Waals surface area contributed by atoms with Crippen LogP contribution in [0.4, 0.5) is 22.0 Å². The summed E-state index contributed by atoms with van der Waals surface area (Å²) in [5, 5.41) is 5.17. The van der Waals surface area contributed by atoms with Gasteiger partial charge < -0.3 is 20.1 Å². The first-order valence-electron chi connectivity index (χ1n) is 10.6. The van der Waals surface area contributed by atoms with Crippen LogP contribution in [0.2, 0.25) is 0 Å². The summed E-state index contributed by atoms with van der Waals surface area (Å²) in [5.74, 6) is -4.08. The summed E-state index contributed by atoms with van der Waals surface area (Å²) in [6.07, 6.45) is -6.40. The van der Waals surface area contributed by atoms with E-state index in [9.17, 15) is 36.3 Å². The number of halogens is 5. The van der Waals surface area contributed by atoms with Gasteiger partial charge in [-0.1, -0.05) is 0 Å². The molecule has 2 N–H and O–H groups in total. The zero-order valence-corrected chi connectivity index (χ0v) is 17.9. The maximum atomic E-state index is 13.4. The number of carbonyl (C=O) groups excluding carboxylic acids is 3. The summed E-state index contributed by atoms with van der Waals surface area (Å²) in [6, 6.07) is 1.47. The average Bonchev–Trinajstić information content (AvgIpc) is 2.72. The number of ether oxygens (including phenoxy) is 3. The van der Waals surface area contributed by atoms with E-state index in [2.05, 4.69) is 15.4 Å². The van der Waals surface area contributed by atoms with Gasteiger partial charge in [-0.15, -0.1) is 13.2 Å². The largest absolute Gasteiger partial charge is 0.522 e. The van der Waals surface area contributed by atoms with Crippen LogP contribution in [0.15, 0.2) is 12.1 Å². The van der Waals surface area contributed by atoms with Crippen molar-refractivity contribution in [1.82, 2.24) is 10.6 Å². The molecule has 2 amide bonds. The Kier molecular flexibility index (Phi) is 8.42. The lowest BCUT2D eigenvalue weighted by atomic mass is 9.92. The van der Waals surface area contributed by atoms with Gasteiger partial charge in [-0.25, -0.2) is 8.78 Å². The lowest BCUT2D eigenvalue weighted by Gasteiger charge is -2.34. The third kappa shape index (κ3) is 7.35. The van der Waals surface area contributed by atoms with Crippen molar-refractivity contribution in [2.24, 2.45) is 0 Å². The monoisotopic (exact) mass is 494 g/mol. The number of alkyl halides is 3. The fourth-order valence-electron chi connectivity index (χ4n) is 3.45. The van der Waals surface area contributed by atoms with E-state index in [0.717, 1.165) is 12.1 Å². The molecule has 8 nitrogen and oxygen atoms in total. The van der Waals surface area contributed by atoms with Crippen molar-refractivity contribution in [3.8, 4) is 5.75 Å². The molecule has 3 rings (SSSR count). The van der Waals surface area contributed by atoms with Crippen molar-refractivity contribution in [3.05, 3.63) is 29.3 Å². The van der Waals surface area contributed by atoms with Crippen LogP contribution in [0.5, 0.6) is 5.75 Å². The van der Waals surface area contributed by atoms with Gasteiger partial charge in [-0.3, -0.25) is 19.1 Å². The minimum atomic E-state index is -4.68. The second kappa shape index (κ2) is 11.1. The van der Waals surface area contributed by atoms with Crippen LogP contribution in [-0.4, -0.2) is 62.0 Å². The fourth-order valence-corrected chi connectivity index (χ4v) is 3.45. The molecule has 188 valence electrons. The van der Waals surface area contributed by atoms with E-state index in [1.54, 1.807) is 0 Å². The quantitative estimate of drug-likeness (QED) is 0.383. The Balaban J connectivity index is 1.24. The highest BCUT2D eigenvalue weighted by Crippen LogP contribution is 2.32. The second-order valence-corrected chi connectivity index (χ2v) is 7.93. The van der Waals surface area contributed by atoms with Gasteiger partial charge in [0.25, 0.3) is 5.91 Å². The molecule has 1 aromatic carbocycles. The molecule has 1 fully saturated rings. The van der Waals surface area contributed by atoms with E-state index >= 15 is 0 Å². The number of fused-ring (bicyclic) bond motifs is 1. The zero-order valence-electron chi connectivity index (χ0n) is 17.9. The number of hydrogen-bond donors (Lipinski definition) is 2. The number of ketones is 1. The molecule has 1 aliphatic carbocycles. The summed E-state index contributed by atoms with van der Waals surface area (Å²) in [5.41, 5.74) is -0.116. The third-order valence-corrected chi connectivity index (χ3v) is 5.28. The molecule has 34 heavy (non-hydrogen) atoms. The third-order valence-electron chi connectivity index (χ3n) is 5.28.